The van der Waals surface area contributed by atoms with Crippen LogP contribution in [0, 0.1) is 0 Å². The van der Waals surface area contributed by atoms with Gasteiger partial charge in [-0.2, -0.15) is 0 Å². The van der Waals surface area contributed by atoms with Crippen LogP contribution in [0.2, 0.25) is 5.04 Å². The molecular weight excluding hydrogens is 374 g/mol. The van der Waals surface area contributed by atoms with Gasteiger partial charge in [-0.1, -0.05) is 81.4 Å². The zero-order valence-electron chi connectivity index (χ0n) is 18.1. The lowest BCUT2D eigenvalue weighted by atomic mass is 9.95. The number of rotatable bonds is 6. The predicted octanol–water partition coefficient (Wildman–Crippen LogP) is 3.55. The number of fused-ring (bicyclic) bond motifs is 1. The Morgan fingerprint density at radius 2 is 1.59 bits per heavy atom. The molecule has 4 rings (SSSR count). The highest BCUT2D eigenvalue weighted by atomic mass is 28.4. The molecule has 2 atom stereocenters. The first kappa shape index (κ1) is 20.8. The Hall–Kier alpha value is -1.46. The van der Waals surface area contributed by atoms with Crippen LogP contribution in [0.5, 0.6) is 0 Å². The molecule has 156 valence electrons. The predicted molar refractivity (Wildman–Crippen MR) is 122 cm³/mol. The lowest BCUT2D eigenvalue weighted by molar-refractivity contribution is 0.0642. The van der Waals surface area contributed by atoms with E-state index in [0.717, 1.165) is 26.0 Å². The third kappa shape index (κ3) is 3.50. The fourth-order valence-electron chi connectivity index (χ4n) is 5.81. The van der Waals surface area contributed by atoms with E-state index in [9.17, 15) is 5.11 Å². The van der Waals surface area contributed by atoms with Gasteiger partial charge in [-0.15, -0.1) is 0 Å². The van der Waals surface area contributed by atoms with Crippen molar-refractivity contribution in [1.29, 1.82) is 0 Å². The normalized spacial score (nSPS) is 25.3. The van der Waals surface area contributed by atoms with E-state index in [2.05, 4.69) is 86.3 Å². The van der Waals surface area contributed by atoms with Gasteiger partial charge in [0.25, 0.3) is 8.32 Å². The maximum Gasteiger partial charge on any atom is 0.261 e. The Morgan fingerprint density at radius 1 is 1.00 bits per heavy atom. The summed E-state index contributed by atoms with van der Waals surface area (Å²) in [5.41, 5.74) is 0.0977. The van der Waals surface area contributed by atoms with Crippen molar-refractivity contribution in [1.82, 2.24) is 4.90 Å². The van der Waals surface area contributed by atoms with Crippen molar-refractivity contribution in [2.45, 2.75) is 63.1 Å². The van der Waals surface area contributed by atoms with Crippen molar-refractivity contribution in [3.63, 3.8) is 0 Å². The van der Waals surface area contributed by atoms with E-state index >= 15 is 0 Å². The number of benzene rings is 2. The van der Waals surface area contributed by atoms with Crippen LogP contribution in [0.1, 0.15) is 46.5 Å². The molecule has 2 aromatic carbocycles. The molecule has 0 amide bonds. The molecular formula is C25H35NO2Si. The average molecular weight is 410 g/mol. The van der Waals surface area contributed by atoms with Crippen molar-refractivity contribution in [3.05, 3.63) is 60.7 Å². The van der Waals surface area contributed by atoms with E-state index in [4.69, 9.17) is 4.43 Å². The van der Waals surface area contributed by atoms with Gasteiger partial charge < -0.3 is 9.53 Å². The molecule has 0 spiro atoms. The maximum absolute atomic E-state index is 9.87. The lowest BCUT2D eigenvalue weighted by Crippen LogP contribution is -2.68. The van der Waals surface area contributed by atoms with Gasteiger partial charge in [-0.3, -0.25) is 4.90 Å². The van der Waals surface area contributed by atoms with Gasteiger partial charge in [0, 0.05) is 11.6 Å². The van der Waals surface area contributed by atoms with Crippen LogP contribution in [0.15, 0.2) is 60.7 Å². The average Bonchev–Trinajstić information content (AvgIpc) is 3.28. The van der Waals surface area contributed by atoms with Crippen molar-refractivity contribution in [2.24, 2.45) is 0 Å². The van der Waals surface area contributed by atoms with Crippen LogP contribution in [-0.4, -0.2) is 49.7 Å². The summed E-state index contributed by atoms with van der Waals surface area (Å²) in [6, 6.07) is 22.1. The zero-order chi connectivity index (χ0) is 20.5. The molecule has 0 aliphatic carbocycles. The fraction of sp³-hybridized carbons (Fsp3) is 0.520. The van der Waals surface area contributed by atoms with E-state index < -0.39 is 8.32 Å². The van der Waals surface area contributed by atoms with Crippen molar-refractivity contribution >= 4 is 18.7 Å². The van der Waals surface area contributed by atoms with Gasteiger partial charge in [-0.25, -0.2) is 0 Å². The van der Waals surface area contributed by atoms with Crippen LogP contribution < -0.4 is 10.4 Å². The highest BCUT2D eigenvalue weighted by molar-refractivity contribution is 6.99. The Morgan fingerprint density at radius 3 is 2.10 bits per heavy atom. The monoisotopic (exact) mass is 409 g/mol. The number of aliphatic hydroxyl groups is 1. The van der Waals surface area contributed by atoms with Crippen molar-refractivity contribution in [3.8, 4) is 0 Å². The summed E-state index contributed by atoms with van der Waals surface area (Å²) in [6.07, 6.45) is 4.61. The topological polar surface area (TPSA) is 32.7 Å². The Labute approximate surface area is 176 Å². The molecule has 0 radical (unpaired) electrons. The fourth-order valence-corrected chi connectivity index (χ4v) is 10.5. The summed E-state index contributed by atoms with van der Waals surface area (Å²) in [5, 5.41) is 12.6. The van der Waals surface area contributed by atoms with Crippen LogP contribution in [-0.2, 0) is 4.43 Å². The maximum atomic E-state index is 9.87. The van der Waals surface area contributed by atoms with Gasteiger partial charge in [0.05, 0.1) is 13.2 Å². The van der Waals surface area contributed by atoms with E-state index in [1.54, 1.807) is 0 Å². The summed E-state index contributed by atoms with van der Waals surface area (Å²) >= 11 is 0. The molecule has 1 N–H and O–H groups in total. The molecule has 29 heavy (non-hydrogen) atoms. The van der Waals surface area contributed by atoms with Crippen LogP contribution in [0.4, 0.5) is 0 Å². The molecule has 2 heterocycles. The largest absolute Gasteiger partial charge is 0.406 e. The third-order valence-corrected chi connectivity index (χ3v) is 12.2. The number of hydrogen-bond acceptors (Lipinski definition) is 3. The molecule has 2 aliphatic heterocycles. The minimum atomic E-state index is -2.50. The first-order valence-electron chi connectivity index (χ1n) is 11.1. The van der Waals surface area contributed by atoms with Gasteiger partial charge in [0.1, 0.15) is 0 Å². The first-order valence-corrected chi connectivity index (χ1v) is 13.0. The summed E-state index contributed by atoms with van der Waals surface area (Å²) < 4.78 is 7.26. The standard InChI is InChI=1S/C25H35NO2Si/c1-24(2,3)29(22-11-6-4-7-12-22,23-13-8-5-9-14-23)28-20-25-16-10-18-26(25)21(19-27)15-17-25/h4-9,11-14,21,27H,10,15-20H2,1-3H3/t21-,25-/m1/s1. The first-order chi connectivity index (χ1) is 13.9. The molecule has 2 aromatic rings. The van der Waals surface area contributed by atoms with Gasteiger partial charge >= 0.3 is 0 Å². The molecule has 0 saturated carbocycles. The molecule has 3 nitrogen and oxygen atoms in total. The minimum absolute atomic E-state index is 0.00473. The summed E-state index contributed by atoms with van der Waals surface area (Å²) in [7, 11) is -2.50. The second kappa shape index (κ2) is 7.99. The van der Waals surface area contributed by atoms with Gasteiger partial charge in [0.2, 0.25) is 0 Å². The number of hydrogen-bond donors (Lipinski definition) is 1. The Bertz CT molecular complexity index is 765. The molecule has 2 saturated heterocycles. The second-order valence-corrected chi connectivity index (χ2v) is 14.2. The number of nitrogens with zero attached hydrogens (tertiary/aromatic N) is 1. The highest BCUT2D eigenvalue weighted by Crippen LogP contribution is 2.44. The van der Waals surface area contributed by atoms with Crippen molar-refractivity contribution < 1.29 is 9.53 Å². The second-order valence-electron chi connectivity index (χ2n) is 9.85. The summed E-state index contributed by atoms with van der Waals surface area (Å²) in [5.74, 6) is 0. The summed E-state index contributed by atoms with van der Waals surface area (Å²) in [6.45, 7) is 9.14. The zero-order valence-corrected chi connectivity index (χ0v) is 19.1. The highest BCUT2D eigenvalue weighted by Gasteiger charge is 2.54. The van der Waals surface area contributed by atoms with Crippen LogP contribution >= 0.6 is 0 Å². The van der Waals surface area contributed by atoms with E-state index in [1.807, 2.05) is 0 Å². The minimum Gasteiger partial charge on any atom is -0.406 e. The van der Waals surface area contributed by atoms with E-state index in [1.165, 1.54) is 23.2 Å². The third-order valence-electron chi connectivity index (χ3n) is 7.22. The van der Waals surface area contributed by atoms with Crippen LogP contribution in [0.3, 0.4) is 0 Å². The molecule has 4 heteroatoms. The smallest absolute Gasteiger partial charge is 0.261 e. The summed E-state index contributed by atoms with van der Waals surface area (Å²) in [4.78, 5) is 2.56. The van der Waals surface area contributed by atoms with E-state index in [0.29, 0.717) is 6.04 Å². The van der Waals surface area contributed by atoms with Gasteiger partial charge in [-0.05, 0) is 47.6 Å². The van der Waals surface area contributed by atoms with Crippen molar-refractivity contribution in [2.75, 3.05) is 19.8 Å². The SMILES string of the molecule is CC(C)(C)[Si](OC[C@]12CCCN1[C@@H](CO)CC2)(c1ccccc1)c1ccccc1. The lowest BCUT2D eigenvalue weighted by Gasteiger charge is -2.46. The molecule has 0 unspecified atom stereocenters. The number of aliphatic hydroxyl groups excluding tert-OH is 1. The quantitative estimate of drug-likeness (QED) is 0.741. The Balaban J connectivity index is 1.76. The molecule has 0 bridgehead atoms. The van der Waals surface area contributed by atoms with E-state index in [-0.39, 0.29) is 17.2 Å². The van der Waals surface area contributed by atoms with Crippen LogP contribution in [0.25, 0.3) is 0 Å². The van der Waals surface area contributed by atoms with Gasteiger partial charge in [0.15, 0.2) is 0 Å². The Kier molecular flexibility index (Phi) is 5.73. The molecule has 2 fully saturated rings. The molecule has 2 aliphatic rings. The molecule has 0 aromatic heterocycles.